The number of aromatic nitrogens is 1. The van der Waals surface area contributed by atoms with Gasteiger partial charge in [-0.1, -0.05) is 6.92 Å². The molecule has 0 aliphatic carbocycles. The van der Waals surface area contributed by atoms with Crippen molar-refractivity contribution in [1.82, 2.24) is 5.16 Å². The predicted octanol–water partition coefficient (Wildman–Crippen LogP) is 1.09. The van der Waals surface area contributed by atoms with E-state index in [2.05, 4.69) is 15.6 Å². The largest absolute Gasteiger partial charge is 0.357 e. The zero-order valence-electron chi connectivity index (χ0n) is 6.26. The van der Waals surface area contributed by atoms with Gasteiger partial charge in [0, 0.05) is 18.4 Å². The average Bonchev–Trinajstić information content (AvgIpc) is 2.36. The SMILES string of the molecule is C#CC[C@H](C)c1cc(=O)o[nH]1. The van der Waals surface area contributed by atoms with E-state index < -0.39 is 0 Å². The van der Waals surface area contributed by atoms with Gasteiger partial charge in [0.1, 0.15) is 0 Å². The van der Waals surface area contributed by atoms with E-state index in [1.165, 1.54) is 6.07 Å². The summed E-state index contributed by atoms with van der Waals surface area (Å²) in [6.45, 7) is 1.93. The second-order valence-electron chi connectivity index (χ2n) is 2.43. The molecule has 0 bridgehead atoms. The molecule has 11 heavy (non-hydrogen) atoms. The van der Waals surface area contributed by atoms with E-state index in [9.17, 15) is 4.79 Å². The summed E-state index contributed by atoms with van der Waals surface area (Å²) in [5.74, 6) is 2.67. The molecule has 3 heteroatoms. The van der Waals surface area contributed by atoms with E-state index in [4.69, 9.17) is 6.42 Å². The molecule has 0 spiro atoms. The highest BCUT2D eigenvalue weighted by molar-refractivity contribution is 5.06. The van der Waals surface area contributed by atoms with Crippen LogP contribution < -0.4 is 5.63 Å². The minimum atomic E-state index is -0.358. The summed E-state index contributed by atoms with van der Waals surface area (Å²) >= 11 is 0. The molecule has 1 N–H and O–H groups in total. The number of H-pyrrole nitrogens is 1. The van der Waals surface area contributed by atoms with Crippen LogP contribution in [0.3, 0.4) is 0 Å². The van der Waals surface area contributed by atoms with Gasteiger partial charge in [-0.25, -0.2) is 9.95 Å². The Balaban J connectivity index is 2.78. The third-order valence-electron chi connectivity index (χ3n) is 1.50. The summed E-state index contributed by atoms with van der Waals surface area (Å²) in [6, 6.07) is 1.42. The van der Waals surface area contributed by atoms with Gasteiger partial charge < -0.3 is 4.52 Å². The van der Waals surface area contributed by atoms with E-state index in [1.54, 1.807) is 0 Å². The molecule has 0 saturated heterocycles. The lowest BCUT2D eigenvalue weighted by molar-refractivity contribution is 0.381. The van der Waals surface area contributed by atoms with Crippen molar-refractivity contribution in [2.75, 3.05) is 0 Å². The standard InChI is InChI=1S/C8H9NO2/c1-3-4-6(2)7-5-8(10)11-9-7/h1,5-6,9H,4H2,2H3/t6-/m0/s1. The number of hydrogen-bond acceptors (Lipinski definition) is 2. The summed E-state index contributed by atoms with van der Waals surface area (Å²) in [7, 11) is 0. The van der Waals surface area contributed by atoms with Crippen molar-refractivity contribution in [3.05, 3.63) is 22.2 Å². The van der Waals surface area contributed by atoms with Crippen LogP contribution in [-0.2, 0) is 0 Å². The molecule has 0 aromatic carbocycles. The first-order chi connectivity index (χ1) is 5.24. The maximum absolute atomic E-state index is 10.5. The van der Waals surface area contributed by atoms with Crippen LogP contribution in [0.15, 0.2) is 15.4 Å². The lowest BCUT2D eigenvalue weighted by Gasteiger charge is -2.00. The maximum atomic E-state index is 10.5. The van der Waals surface area contributed by atoms with Gasteiger partial charge in [-0.2, -0.15) is 0 Å². The number of aromatic amines is 1. The van der Waals surface area contributed by atoms with Gasteiger partial charge in [0.2, 0.25) is 0 Å². The van der Waals surface area contributed by atoms with Gasteiger partial charge in [0.25, 0.3) is 0 Å². The molecule has 1 rings (SSSR count). The van der Waals surface area contributed by atoms with Crippen LogP contribution in [0.2, 0.25) is 0 Å². The normalized spacial score (nSPS) is 12.4. The molecular weight excluding hydrogens is 142 g/mol. The summed E-state index contributed by atoms with van der Waals surface area (Å²) in [5.41, 5.74) is 0.400. The van der Waals surface area contributed by atoms with Crippen molar-refractivity contribution in [2.45, 2.75) is 19.3 Å². The van der Waals surface area contributed by atoms with Crippen molar-refractivity contribution >= 4 is 0 Å². The van der Waals surface area contributed by atoms with E-state index in [0.29, 0.717) is 6.42 Å². The van der Waals surface area contributed by atoms with Crippen molar-refractivity contribution in [1.29, 1.82) is 0 Å². The molecule has 0 radical (unpaired) electrons. The van der Waals surface area contributed by atoms with Crippen LogP contribution in [0.4, 0.5) is 0 Å². The predicted molar refractivity (Wildman–Crippen MR) is 41.2 cm³/mol. The van der Waals surface area contributed by atoms with Crippen LogP contribution in [-0.4, -0.2) is 5.16 Å². The third-order valence-corrected chi connectivity index (χ3v) is 1.50. The summed E-state index contributed by atoms with van der Waals surface area (Å²) in [5, 5.41) is 2.51. The molecule has 3 nitrogen and oxygen atoms in total. The first-order valence-electron chi connectivity index (χ1n) is 3.36. The highest BCUT2D eigenvalue weighted by Crippen LogP contribution is 2.13. The third kappa shape index (κ3) is 1.74. The fourth-order valence-corrected chi connectivity index (χ4v) is 0.825. The van der Waals surface area contributed by atoms with Crippen LogP contribution in [0.25, 0.3) is 0 Å². The Labute approximate surface area is 64.4 Å². The van der Waals surface area contributed by atoms with E-state index in [1.807, 2.05) is 6.92 Å². The molecular formula is C8H9NO2. The second-order valence-corrected chi connectivity index (χ2v) is 2.43. The summed E-state index contributed by atoms with van der Waals surface area (Å²) < 4.78 is 4.48. The van der Waals surface area contributed by atoms with Crippen molar-refractivity contribution in [3.63, 3.8) is 0 Å². The first-order valence-corrected chi connectivity index (χ1v) is 3.36. The maximum Gasteiger partial charge on any atom is 0.357 e. The second kappa shape index (κ2) is 3.11. The lowest BCUT2D eigenvalue weighted by atomic mass is 10.1. The molecule has 1 aromatic rings. The monoisotopic (exact) mass is 151 g/mol. The van der Waals surface area contributed by atoms with Gasteiger partial charge in [-0.15, -0.1) is 12.3 Å². The Morgan fingerprint density at radius 1 is 1.91 bits per heavy atom. The smallest absolute Gasteiger partial charge is 0.339 e. The quantitative estimate of drug-likeness (QED) is 0.643. The molecule has 1 heterocycles. The van der Waals surface area contributed by atoms with Gasteiger partial charge >= 0.3 is 5.63 Å². The molecule has 58 valence electrons. The Morgan fingerprint density at radius 2 is 2.64 bits per heavy atom. The Morgan fingerprint density at radius 3 is 3.09 bits per heavy atom. The van der Waals surface area contributed by atoms with E-state index >= 15 is 0 Å². The molecule has 0 unspecified atom stereocenters. The highest BCUT2D eigenvalue weighted by Gasteiger charge is 2.06. The zero-order chi connectivity index (χ0) is 8.27. The highest BCUT2D eigenvalue weighted by atomic mass is 16.5. The van der Waals surface area contributed by atoms with Crippen molar-refractivity contribution in [3.8, 4) is 12.3 Å². The van der Waals surface area contributed by atoms with Crippen LogP contribution in [0.5, 0.6) is 0 Å². The number of hydrogen-bond donors (Lipinski definition) is 1. The van der Waals surface area contributed by atoms with Gasteiger partial charge in [0.05, 0.1) is 5.69 Å². The molecule has 0 aliphatic heterocycles. The fraction of sp³-hybridized carbons (Fsp3) is 0.375. The average molecular weight is 151 g/mol. The lowest BCUT2D eigenvalue weighted by Crippen LogP contribution is -1.92. The molecule has 0 amide bonds. The van der Waals surface area contributed by atoms with Gasteiger partial charge in [-0.05, 0) is 0 Å². The number of nitrogens with one attached hydrogen (secondary N) is 1. The summed E-state index contributed by atoms with van der Waals surface area (Å²) in [4.78, 5) is 10.5. The zero-order valence-corrected chi connectivity index (χ0v) is 6.26. The number of terminal acetylenes is 1. The van der Waals surface area contributed by atoms with Crippen molar-refractivity contribution in [2.24, 2.45) is 0 Å². The van der Waals surface area contributed by atoms with Gasteiger partial charge in [0.15, 0.2) is 0 Å². The van der Waals surface area contributed by atoms with Crippen LogP contribution in [0.1, 0.15) is 25.0 Å². The van der Waals surface area contributed by atoms with E-state index in [0.717, 1.165) is 5.69 Å². The van der Waals surface area contributed by atoms with Crippen molar-refractivity contribution < 1.29 is 4.52 Å². The Hall–Kier alpha value is -1.43. The molecule has 1 aromatic heterocycles. The molecule has 0 fully saturated rings. The minimum absolute atomic E-state index is 0.159. The topological polar surface area (TPSA) is 46.0 Å². The Bertz CT molecular complexity index is 315. The Kier molecular flexibility index (Phi) is 2.17. The first kappa shape index (κ1) is 7.67. The fourth-order valence-electron chi connectivity index (χ4n) is 0.825. The van der Waals surface area contributed by atoms with E-state index in [-0.39, 0.29) is 11.5 Å². The van der Waals surface area contributed by atoms with Crippen LogP contribution >= 0.6 is 0 Å². The molecule has 1 atom stereocenters. The molecule has 0 aliphatic rings. The molecule has 0 saturated carbocycles. The number of rotatable bonds is 2. The van der Waals surface area contributed by atoms with Crippen LogP contribution in [0, 0.1) is 12.3 Å². The van der Waals surface area contributed by atoms with Gasteiger partial charge in [-0.3, -0.25) is 0 Å². The minimum Gasteiger partial charge on any atom is -0.339 e. The summed E-state index contributed by atoms with van der Waals surface area (Å²) in [6.07, 6.45) is 5.71.